The van der Waals surface area contributed by atoms with Crippen LogP contribution in [0.15, 0.2) is 82.6 Å². The third kappa shape index (κ3) is 2.34. The van der Waals surface area contributed by atoms with E-state index in [2.05, 4.69) is 100 Å². The lowest BCUT2D eigenvalue weighted by molar-refractivity contribution is 1.16. The van der Waals surface area contributed by atoms with Crippen molar-refractivity contribution in [2.75, 3.05) is 4.90 Å². The van der Waals surface area contributed by atoms with Gasteiger partial charge >= 0.3 is 0 Å². The van der Waals surface area contributed by atoms with E-state index in [0.29, 0.717) is 0 Å². The molecule has 1 nitrogen and oxygen atoms in total. The fourth-order valence-corrected chi connectivity index (χ4v) is 4.39. The van der Waals surface area contributed by atoms with Gasteiger partial charge in [-0.2, -0.15) is 0 Å². The Morgan fingerprint density at radius 1 is 0.714 bits per heavy atom. The van der Waals surface area contributed by atoms with E-state index in [9.17, 15) is 0 Å². The molecule has 21 heavy (non-hydrogen) atoms. The van der Waals surface area contributed by atoms with Gasteiger partial charge in [-0.25, -0.2) is 0 Å². The molecule has 3 heteroatoms. The Labute approximate surface area is 142 Å². The van der Waals surface area contributed by atoms with Crippen LogP contribution in [0.1, 0.15) is 0 Å². The SMILES string of the molecule is Ic1ccc2c(c1)Sc1ccccc1N2c1ccccc1. The Hall–Kier alpha value is -1.46. The number of nitrogens with zero attached hydrogens (tertiary/aromatic N) is 1. The van der Waals surface area contributed by atoms with Gasteiger partial charge in [-0.1, -0.05) is 42.1 Å². The van der Waals surface area contributed by atoms with Crippen molar-refractivity contribution in [1.82, 2.24) is 0 Å². The van der Waals surface area contributed by atoms with Crippen molar-refractivity contribution in [3.8, 4) is 0 Å². The van der Waals surface area contributed by atoms with Crippen LogP contribution in [0.2, 0.25) is 0 Å². The van der Waals surface area contributed by atoms with Crippen LogP contribution in [0.25, 0.3) is 0 Å². The summed E-state index contributed by atoms with van der Waals surface area (Å²) in [6, 6.07) is 25.8. The van der Waals surface area contributed by atoms with Crippen LogP contribution in [0, 0.1) is 3.57 Å². The fourth-order valence-electron chi connectivity index (χ4n) is 2.59. The molecule has 0 aliphatic carbocycles. The van der Waals surface area contributed by atoms with E-state index in [0.717, 1.165) is 0 Å². The maximum Gasteiger partial charge on any atom is 0.0602 e. The summed E-state index contributed by atoms with van der Waals surface area (Å²) < 4.78 is 1.27. The van der Waals surface area contributed by atoms with Crippen LogP contribution in [0.4, 0.5) is 17.1 Å². The molecule has 1 heterocycles. The van der Waals surface area contributed by atoms with Gasteiger partial charge in [-0.3, -0.25) is 0 Å². The minimum atomic E-state index is 1.20. The molecule has 0 bridgehead atoms. The largest absolute Gasteiger partial charge is 0.308 e. The van der Waals surface area contributed by atoms with E-state index < -0.39 is 0 Å². The normalized spacial score (nSPS) is 12.7. The average molecular weight is 401 g/mol. The van der Waals surface area contributed by atoms with Gasteiger partial charge in [0.25, 0.3) is 0 Å². The fraction of sp³-hybridized carbons (Fsp3) is 0. The Morgan fingerprint density at radius 2 is 1.43 bits per heavy atom. The summed E-state index contributed by atoms with van der Waals surface area (Å²) in [6.45, 7) is 0. The van der Waals surface area contributed by atoms with Crippen molar-refractivity contribution in [2.45, 2.75) is 9.79 Å². The molecule has 1 aliphatic heterocycles. The van der Waals surface area contributed by atoms with Crippen LogP contribution >= 0.6 is 34.4 Å². The zero-order valence-corrected chi connectivity index (χ0v) is 14.1. The number of rotatable bonds is 1. The van der Waals surface area contributed by atoms with Crippen molar-refractivity contribution in [3.05, 3.63) is 76.4 Å². The molecule has 1 aliphatic rings. The van der Waals surface area contributed by atoms with E-state index in [1.165, 1.54) is 30.4 Å². The third-order valence-corrected chi connectivity index (χ3v) is 5.29. The van der Waals surface area contributed by atoms with Crippen LogP contribution in [0.3, 0.4) is 0 Å². The first kappa shape index (κ1) is 13.2. The van der Waals surface area contributed by atoms with Crippen LogP contribution in [0.5, 0.6) is 0 Å². The van der Waals surface area contributed by atoms with Gasteiger partial charge < -0.3 is 4.90 Å². The third-order valence-electron chi connectivity index (χ3n) is 3.50. The number of para-hydroxylation sites is 2. The van der Waals surface area contributed by atoms with Crippen LogP contribution < -0.4 is 4.90 Å². The molecule has 0 unspecified atom stereocenters. The number of fused-ring (bicyclic) bond motifs is 2. The van der Waals surface area contributed by atoms with Crippen molar-refractivity contribution >= 4 is 51.4 Å². The van der Waals surface area contributed by atoms with Crippen molar-refractivity contribution in [3.63, 3.8) is 0 Å². The van der Waals surface area contributed by atoms with E-state index in [-0.39, 0.29) is 0 Å². The smallest absolute Gasteiger partial charge is 0.0602 e. The highest BCUT2D eigenvalue weighted by atomic mass is 127. The molecule has 0 saturated carbocycles. The first-order chi connectivity index (χ1) is 10.3. The highest BCUT2D eigenvalue weighted by molar-refractivity contribution is 14.1. The van der Waals surface area contributed by atoms with Crippen molar-refractivity contribution < 1.29 is 0 Å². The summed E-state index contributed by atoms with van der Waals surface area (Å²) in [4.78, 5) is 4.96. The lowest BCUT2D eigenvalue weighted by atomic mass is 10.2. The molecule has 102 valence electrons. The Kier molecular flexibility index (Phi) is 3.39. The van der Waals surface area contributed by atoms with E-state index in [1.807, 2.05) is 11.8 Å². The maximum absolute atomic E-state index is 2.38. The zero-order chi connectivity index (χ0) is 14.2. The molecule has 0 atom stereocenters. The molecular weight excluding hydrogens is 389 g/mol. The molecule has 3 aromatic rings. The predicted octanol–water partition coefficient (Wildman–Crippen LogP) is 6.23. The second-order valence-electron chi connectivity index (χ2n) is 4.85. The highest BCUT2D eigenvalue weighted by Crippen LogP contribution is 2.51. The second-order valence-corrected chi connectivity index (χ2v) is 7.18. The summed E-state index contributed by atoms with van der Waals surface area (Å²) in [7, 11) is 0. The zero-order valence-electron chi connectivity index (χ0n) is 11.2. The standard InChI is InChI=1S/C18H12INS/c19-13-10-11-16-18(12-13)21-17-9-5-4-8-15(17)20(16)14-6-2-1-3-7-14/h1-12H. The first-order valence-corrected chi connectivity index (χ1v) is 8.64. The Morgan fingerprint density at radius 3 is 2.29 bits per heavy atom. The van der Waals surface area contributed by atoms with Gasteiger partial charge in [0.05, 0.1) is 11.4 Å². The summed E-state index contributed by atoms with van der Waals surface area (Å²) in [6.07, 6.45) is 0. The number of benzene rings is 3. The first-order valence-electron chi connectivity index (χ1n) is 6.74. The summed E-state index contributed by atoms with van der Waals surface area (Å²) in [5, 5.41) is 0. The average Bonchev–Trinajstić information content (AvgIpc) is 2.53. The topological polar surface area (TPSA) is 3.24 Å². The molecule has 0 N–H and O–H groups in total. The molecule has 0 saturated heterocycles. The van der Waals surface area contributed by atoms with Crippen molar-refractivity contribution in [2.24, 2.45) is 0 Å². The van der Waals surface area contributed by atoms with E-state index in [4.69, 9.17) is 0 Å². The number of anilines is 3. The highest BCUT2D eigenvalue weighted by Gasteiger charge is 2.24. The van der Waals surface area contributed by atoms with Crippen LogP contribution in [-0.2, 0) is 0 Å². The minimum Gasteiger partial charge on any atom is -0.308 e. The van der Waals surface area contributed by atoms with Gasteiger partial charge in [-0.05, 0) is 65.1 Å². The van der Waals surface area contributed by atoms with E-state index >= 15 is 0 Å². The van der Waals surface area contributed by atoms with Gasteiger partial charge in [0.15, 0.2) is 0 Å². The lowest BCUT2D eigenvalue weighted by Gasteiger charge is -2.32. The Bertz CT molecular complexity index is 801. The summed E-state index contributed by atoms with van der Waals surface area (Å²) in [5.41, 5.74) is 3.71. The number of hydrogen-bond donors (Lipinski definition) is 0. The monoisotopic (exact) mass is 401 g/mol. The molecule has 0 fully saturated rings. The molecule has 0 spiro atoms. The predicted molar refractivity (Wildman–Crippen MR) is 98.0 cm³/mol. The molecule has 0 aromatic heterocycles. The molecular formula is C18H12INS. The number of hydrogen-bond acceptors (Lipinski definition) is 2. The quantitative estimate of drug-likeness (QED) is 0.348. The molecule has 4 rings (SSSR count). The molecule has 0 amide bonds. The van der Waals surface area contributed by atoms with Gasteiger partial charge in [0.2, 0.25) is 0 Å². The van der Waals surface area contributed by atoms with Gasteiger partial charge in [-0.15, -0.1) is 0 Å². The summed E-state index contributed by atoms with van der Waals surface area (Å²) >= 11 is 4.22. The molecule has 3 aromatic carbocycles. The molecule has 0 radical (unpaired) electrons. The minimum absolute atomic E-state index is 1.20. The van der Waals surface area contributed by atoms with E-state index in [1.54, 1.807) is 0 Å². The summed E-state index contributed by atoms with van der Waals surface area (Å²) in [5.74, 6) is 0. The van der Waals surface area contributed by atoms with Crippen LogP contribution in [-0.4, -0.2) is 0 Å². The maximum atomic E-state index is 2.38. The number of halogens is 1. The van der Waals surface area contributed by atoms with Gasteiger partial charge in [0, 0.05) is 19.0 Å². The second kappa shape index (κ2) is 5.39. The van der Waals surface area contributed by atoms with Gasteiger partial charge in [0.1, 0.15) is 0 Å². The van der Waals surface area contributed by atoms with Crippen molar-refractivity contribution in [1.29, 1.82) is 0 Å². The lowest BCUT2D eigenvalue weighted by Crippen LogP contribution is -2.14. The Balaban J connectivity index is 1.97.